The standard InChI is InChI=1S/C11H20N4/c1-6-14-11(10(13)9(5)12)15(7-2)8(3)4/h6-8,12H,2,13H2,1,3-5H3/b11-10-,12-9?,14-6?. The smallest absolute Gasteiger partial charge is 0.157 e. The van der Waals surface area contributed by atoms with Gasteiger partial charge in [0.05, 0.1) is 11.4 Å². The predicted octanol–water partition coefficient (Wildman–Crippen LogP) is 2.10. The molecule has 0 unspecified atom stereocenters. The number of aliphatic imine (C=N–C) groups is 1. The van der Waals surface area contributed by atoms with E-state index in [1.165, 1.54) is 0 Å². The number of nitrogens with two attached hydrogens (primary N) is 1. The largest absolute Gasteiger partial charge is 0.394 e. The maximum atomic E-state index is 7.50. The lowest BCUT2D eigenvalue weighted by Crippen LogP contribution is -2.28. The Bertz CT molecular complexity index is 300. The summed E-state index contributed by atoms with van der Waals surface area (Å²) in [7, 11) is 0. The Balaban J connectivity index is 5.38. The molecule has 84 valence electrons. The summed E-state index contributed by atoms with van der Waals surface area (Å²) in [5, 5.41) is 7.50. The number of hydrogen-bond acceptors (Lipinski definition) is 4. The van der Waals surface area contributed by atoms with Crippen LogP contribution in [0.25, 0.3) is 0 Å². The lowest BCUT2D eigenvalue weighted by molar-refractivity contribution is 0.379. The van der Waals surface area contributed by atoms with Crippen LogP contribution in [0, 0.1) is 5.41 Å². The first kappa shape index (κ1) is 13.4. The van der Waals surface area contributed by atoms with Gasteiger partial charge in [0.25, 0.3) is 0 Å². The fraction of sp³-hybridized carbons (Fsp3) is 0.455. The van der Waals surface area contributed by atoms with Gasteiger partial charge in [-0.25, -0.2) is 4.99 Å². The Labute approximate surface area is 91.7 Å². The molecule has 4 heteroatoms. The van der Waals surface area contributed by atoms with E-state index in [-0.39, 0.29) is 6.04 Å². The maximum Gasteiger partial charge on any atom is 0.157 e. The molecule has 3 N–H and O–H groups in total. The zero-order valence-electron chi connectivity index (χ0n) is 9.91. The Morgan fingerprint density at radius 2 is 2.07 bits per heavy atom. The van der Waals surface area contributed by atoms with E-state index >= 15 is 0 Å². The molecule has 4 nitrogen and oxygen atoms in total. The van der Waals surface area contributed by atoms with E-state index in [9.17, 15) is 0 Å². The van der Waals surface area contributed by atoms with E-state index in [2.05, 4.69) is 11.6 Å². The van der Waals surface area contributed by atoms with Crippen LogP contribution in [0.2, 0.25) is 0 Å². The van der Waals surface area contributed by atoms with Gasteiger partial charge in [-0.15, -0.1) is 0 Å². The summed E-state index contributed by atoms with van der Waals surface area (Å²) in [6.45, 7) is 11.2. The first-order valence-corrected chi connectivity index (χ1v) is 4.90. The summed E-state index contributed by atoms with van der Waals surface area (Å²) in [6.07, 6.45) is 3.33. The summed E-state index contributed by atoms with van der Waals surface area (Å²) in [5.74, 6) is 0.579. The van der Waals surface area contributed by atoms with Crippen LogP contribution in [-0.4, -0.2) is 22.9 Å². The molecule has 0 aromatic carbocycles. The van der Waals surface area contributed by atoms with Crippen LogP contribution in [0.1, 0.15) is 27.7 Å². The van der Waals surface area contributed by atoms with Gasteiger partial charge in [-0.05, 0) is 33.9 Å². The Hall–Kier alpha value is -1.58. The van der Waals surface area contributed by atoms with Crippen LogP contribution < -0.4 is 5.73 Å². The highest BCUT2D eigenvalue weighted by Crippen LogP contribution is 2.13. The van der Waals surface area contributed by atoms with E-state index in [1.807, 2.05) is 25.7 Å². The van der Waals surface area contributed by atoms with Crippen molar-refractivity contribution in [3.05, 3.63) is 24.3 Å². The van der Waals surface area contributed by atoms with Gasteiger partial charge in [0.2, 0.25) is 0 Å². The van der Waals surface area contributed by atoms with Gasteiger partial charge in [0.15, 0.2) is 5.82 Å². The summed E-state index contributed by atoms with van der Waals surface area (Å²) in [4.78, 5) is 6.02. The van der Waals surface area contributed by atoms with Crippen molar-refractivity contribution in [1.29, 1.82) is 5.41 Å². The van der Waals surface area contributed by atoms with Crippen LogP contribution in [0.15, 0.2) is 29.3 Å². The molecule has 0 aliphatic carbocycles. The molecule has 0 amide bonds. The predicted molar refractivity (Wildman–Crippen MR) is 66.0 cm³/mol. The van der Waals surface area contributed by atoms with E-state index in [0.29, 0.717) is 17.2 Å². The summed E-state index contributed by atoms with van der Waals surface area (Å²) in [6, 6.07) is 0.207. The van der Waals surface area contributed by atoms with Crippen molar-refractivity contribution in [3.63, 3.8) is 0 Å². The van der Waals surface area contributed by atoms with Crippen molar-refractivity contribution < 1.29 is 0 Å². The quantitative estimate of drug-likeness (QED) is 0.679. The summed E-state index contributed by atoms with van der Waals surface area (Å²) < 4.78 is 0. The third-order valence-corrected chi connectivity index (χ3v) is 1.89. The van der Waals surface area contributed by atoms with Gasteiger partial charge in [0, 0.05) is 12.3 Å². The minimum atomic E-state index is 0.207. The highest BCUT2D eigenvalue weighted by Gasteiger charge is 2.13. The van der Waals surface area contributed by atoms with Crippen LogP contribution >= 0.6 is 0 Å². The summed E-state index contributed by atoms with van der Waals surface area (Å²) >= 11 is 0. The maximum absolute atomic E-state index is 7.50. The Morgan fingerprint density at radius 3 is 2.33 bits per heavy atom. The van der Waals surface area contributed by atoms with Crippen molar-refractivity contribution in [1.82, 2.24) is 4.90 Å². The van der Waals surface area contributed by atoms with Gasteiger partial charge in [-0.2, -0.15) is 0 Å². The second-order valence-electron chi connectivity index (χ2n) is 3.43. The minimum Gasteiger partial charge on any atom is -0.394 e. The lowest BCUT2D eigenvalue weighted by atomic mass is 10.2. The molecule has 15 heavy (non-hydrogen) atoms. The van der Waals surface area contributed by atoms with E-state index in [0.717, 1.165) is 0 Å². The number of hydrogen-bond donors (Lipinski definition) is 2. The van der Waals surface area contributed by atoms with E-state index in [1.54, 1.807) is 19.3 Å². The molecular formula is C11H20N4. The van der Waals surface area contributed by atoms with Gasteiger partial charge in [-0.1, -0.05) is 6.58 Å². The number of nitrogens with zero attached hydrogens (tertiary/aromatic N) is 2. The van der Waals surface area contributed by atoms with Gasteiger partial charge >= 0.3 is 0 Å². The van der Waals surface area contributed by atoms with Crippen molar-refractivity contribution >= 4 is 11.9 Å². The van der Waals surface area contributed by atoms with Gasteiger partial charge in [0.1, 0.15) is 0 Å². The van der Waals surface area contributed by atoms with Crippen LogP contribution in [-0.2, 0) is 0 Å². The normalized spacial score (nSPS) is 12.9. The zero-order valence-corrected chi connectivity index (χ0v) is 9.91. The van der Waals surface area contributed by atoms with Crippen molar-refractivity contribution in [2.24, 2.45) is 10.7 Å². The van der Waals surface area contributed by atoms with Gasteiger partial charge in [-0.3, -0.25) is 0 Å². The molecule has 0 aliphatic heterocycles. The van der Waals surface area contributed by atoms with Crippen LogP contribution in [0.5, 0.6) is 0 Å². The molecular weight excluding hydrogens is 188 g/mol. The Morgan fingerprint density at radius 1 is 1.53 bits per heavy atom. The van der Waals surface area contributed by atoms with E-state index < -0.39 is 0 Å². The highest BCUT2D eigenvalue weighted by atomic mass is 15.2. The molecule has 0 aromatic heterocycles. The SMILES string of the molecule is C=CN(/C(N=CC)=C(\N)C(C)=N)C(C)C. The molecule has 0 heterocycles. The van der Waals surface area contributed by atoms with Crippen molar-refractivity contribution in [2.45, 2.75) is 33.7 Å². The molecule has 0 spiro atoms. The molecule has 0 saturated carbocycles. The molecule has 0 aliphatic rings. The van der Waals surface area contributed by atoms with Crippen LogP contribution in [0.4, 0.5) is 0 Å². The Kier molecular flexibility index (Phi) is 5.37. The van der Waals surface area contributed by atoms with Crippen molar-refractivity contribution in [2.75, 3.05) is 0 Å². The molecule has 0 bridgehead atoms. The first-order chi connectivity index (χ1) is 6.95. The zero-order chi connectivity index (χ0) is 12.0. The number of rotatable bonds is 5. The molecule has 0 radical (unpaired) electrons. The lowest BCUT2D eigenvalue weighted by Gasteiger charge is -2.25. The molecule has 0 saturated heterocycles. The fourth-order valence-electron chi connectivity index (χ4n) is 1.11. The average Bonchev–Trinajstić information content (AvgIpc) is 2.15. The molecule has 0 atom stereocenters. The minimum absolute atomic E-state index is 0.207. The fourth-order valence-corrected chi connectivity index (χ4v) is 1.11. The summed E-state index contributed by atoms with van der Waals surface area (Å²) in [5.41, 5.74) is 6.50. The van der Waals surface area contributed by atoms with Gasteiger partial charge < -0.3 is 16.0 Å². The molecule has 0 aromatic rings. The second kappa shape index (κ2) is 6.01. The first-order valence-electron chi connectivity index (χ1n) is 4.90. The highest BCUT2D eigenvalue weighted by molar-refractivity contribution is 5.95. The third kappa shape index (κ3) is 3.58. The van der Waals surface area contributed by atoms with E-state index in [4.69, 9.17) is 11.1 Å². The molecule has 0 fully saturated rings. The topological polar surface area (TPSA) is 65.5 Å². The number of nitrogens with one attached hydrogen (secondary N) is 1. The monoisotopic (exact) mass is 208 g/mol. The second-order valence-corrected chi connectivity index (χ2v) is 3.43. The van der Waals surface area contributed by atoms with Crippen molar-refractivity contribution in [3.8, 4) is 0 Å². The number of allylic oxidation sites excluding steroid dienone is 1. The molecule has 0 rings (SSSR count). The third-order valence-electron chi connectivity index (χ3n) is 1.89. The van der Waals surface area contributed by atoms with Crippen LogP contribution in [0.3, 0.4) is 0 Å². The average molecular weight is 208 g/mol.